The van der Waals surface area contributed by atoms with Crippen molar-refractivity contribution < 1.29 is 0 Å². The number of nitrogens with one attached hydrogen (secondary N) is 2. The van der Waals surface area contributed by atoms with Crippen molar-refractivity contribution >= 4 is 0 Å². The second-order valence-electron chi connectivity index (χ2n) is 3.72. The van der Waals surface area contributed by atoms with Gasteiger partial charge in [-0.2, -0.15) is 0 Å². The fourth-order valence-electron chi connectivity index (χ4n) is 2.12. The third-order valence-electron chi connectivity index (χ3n) is 2.70. The van der Waals surface area contributed by atoms with Crippen molar-refractivity contribution in [3.05, 3.63) is 0 Å². The number of nitrogens with zero attached hydrogens (tertiary/aromatic N) is 1. The van der Waals surface area contributed by atoms with Crippen LogP contribution in [0.5, 0.6) is 0 Å². The van der Waals surface area contributed by atoms with E-state index in [0.29, 0.717) is 18.4 Å². The minimum Gasteiger partial charge on any atom is -0.285 e. The van der Waals surface area contributed by atoms with Crippen LogP contribution in [0.1, 0.15) is 33.1 Å². The SMILES string of the molecule is CC1CCCC2N[C@@H](C)NN12. The van der Waals surface area contributed by atoms with Crippen LogP contribution >= 0.6 is 0 Å². The van der Waals surface area contributed by atoms with Crippen molar-refractivity contribution in [2.24, 2.45) is 0 Å². The molecule has 0 aliphatic carbocycles. The summed E-state index contributed by atoms with van der Waals surface area (Å²) in [6.45, 7) is 4.46. The second kappa shape index (κ2) is 2.73. The summed E-state index contributed by atoms with van der Waals surface area (Å²) in [4.78, 5) is 0. The first-order valence-corrected chi connectivity index (χ1v) is 4.58. The van der Waals surface area contributed by atoms with Gasteiger partial charge in [-0.3, -0.25) is 5.32 Å². The number of fused-ring (bicyclic) bond motifs is 1. The lowest BCUT2D eigenvalue weighted by molar-refractivity contribution is 0.0772. The van der Waals surface area contributed by atoms with Gasteiger partial charge in [-0.25, -0.2) is 10.4 Å². The monoisotopic (exact) mass is 155 g/mol. The molecule has 64 valence electrons. The van der Waals surface area contributed by atoms with Crippen molar-refractivity contribution in [1.82, 2.24) is 15.8 Å². The number of hydrazine groups is 1. The van der Waals surface area contributed by atoms with Gasteiger partial charge in [-0.05, 0) is 33.1 Å². The molecule has 2 fully saturated rings. The predicted octanol–water partition coefficient (Wildman–Crippen LogP) is 0.641. The summed E-state index contributed by atoms with van der Waals surface area (Å²) >= 11 is 0. The molecule has 2 unspecified atom stereocenters. The molecule has 0 saturated carbocycles. The van der Waals surface area contributed by atoms with Crippen LogP contribution < -0.4 is 10.7 Å². The Balaban J connectivity index is 2.03. The highest BCUT2D eigenvalue weighted by atomic mass is 15.7. The van der Waals surface area contributed by atoms with E-state index in [1.165, 1.54) is 19.3 Å². The molecule has 0 aromatic rings. The normalized spacial score (nSPS) is 45.8. The van der Waals surface area contributed by atoms with E-state index in [9.17, 15) is 0 Å². The molecule has 2 N–H and O–H groups in total. The summed E-state index contributed by atoms with van der Waals surface area (Å²) < 4.78 is 0. The lowest BCUT2D eigenvalue weighted by atomic mass is 10.0. The zero-order valence-corrected chi connectivity index (χ0v) is 7.30. The van der Waals surface area contributed by atoms with Gasteiger partial charge >= 0.3 is 0 Å². The topological polar surface area (TPSA) is 27.3 Å². The first kappa shape index (κ1) is 7.53. The third-order valence-corrected chi connectivity index (χ3v) is 2.70. The van der Waals surface area contributed by atoms with Crippen molar-refractivity contribution in [3.63, 3.8) is 0 Å². The van der Waals surface area contributed by atoms with Crippen LogP contribution in [0.4, 0.5) is 0 Å². The van der Waals surface area contributed by atoms with Crippen LogP contribution in [-0.2, 0) is 0 Å². The van der Waals surface area contributed by atoms with Gasteiger partial charge < -0.3 is 0 Å². The number of rotatable bonds is 0. The molecule has 0 radical (unpaired) electrons. The molecule has 11 heavy (non-hydrogen) atoms. The standard InChI is InChI=1S/C8H17N3/c1-6-4-3-5-8-9-7(2)10-11(6)8/h6-10H,3-5H2,1-2H3/t6?,7-,8?/m1/s1. The van der Waals surface area contributed by atoms with E-state index in [2.05, 4.69) is 29.6 Å². The van der Waals surface area contributed by atoms with Crippen molar-refractivity contribution in [2.45, 2.75) is 51.5 Å². The Kier molecular flexibility index (Phi) is 1.87. The van der Waals surface area contributed by atoms with Crippen LogP contribution in [0.3, 0.4) is 0 Å². The lowest BCUT2D eigenvalue weighted by Crippen LogP contribution is -2.48. The Morgan fingerprint density at radius 2 is 2.09 bits per heavy atom. The Labute approximate surface area is 68.1 Å². The molecule has 0 aromatic heterocycles. The van der Waals surface area contributed by atoms with E-state index < -0.39 is 0 Å². The van der Waals surface area contributed by atoms with Crippen molar-refractivity contribution in [1.29, 1.82) is 0 Å². The summed E-state index contributed by atoms with van der Waals surface area (Å²) in [5, 5.41) is 5.87. The van der Waals surface area contributed by atoms with Gasteiger partial charge in [0.15, 0.2) is 0 Å². The average molecular weight is 155 g/mol. The van der Waals surface area contributed by atoms with Crippen molar-refractivity contribution in [3.8, 4) is 0 Å². The molecule has 2 rings (SSSR count). The molecule has 3 atom stereocenters. The Morgan fingerprint density at radius 3 is 2.82 bits per heavy atom. The molecule has 0 aromatic carbocycles. The minimum atomic E-state index is 0.459. The highest BCUT2D eigenvalue weighted by Gasteiger charge is 2.34. The van der Waals surface area contributed by atoms with Crippen molar-refractivity contribution in [2.75, 3.05) is 0 Å². The molecule has 0 amide bonds. The fourth-order valence-corrected chi connectivity index (χ4v) is 2.12. The minimum absolute atomic E-state index is 0.459. The van der Waals surface area contributed by atoms with Gasteiger partial charge in [0, 0.05) is 6.04 Å². The van der Waals surface area contributed by atoms with Gasteiger partial charge in [0.05, 0.1) is 12.3 Å². The number of hydrogen-bond donors (Lipinski definition) is 2. The first-order valence-electron chi connectivity index (χ1n) is 4.58. The summed E-state index contributed by atoms with van der Waals surface area (Å²) in [5.74, 6) is 0. The van der Waals surface area contributed by atoms with Gasteiger partial charge in [0.25, 0.3) is 0 Å². The van der Waals surface area contributed by atoms with Gasteiger partial charge in [0.2, 0.25) is 0 Å². The molecule has 3 heteroatoms. The summed E-state index contributed by atoms with van der Waals surface area (Å²) in [6, 6.07) is 0.700. The zero-order valence-electron chi connectivity index (χ0n) is 7.30. The van der Waals surface area contributed by atoms with Gasteiger partial charge in [0.1, 0.15) is 0 Å². The molecule has 2 heterocycles. The molecule has 0 spiro atoms. The smallest absolute Gasteiger partial charge is 0.0748 e. The summed E-state index contributed by atoms with van der Waals surface area (Å²) in [6.07, 6.45) is 5.04. The van der Waals surface area contributed by atoms with Gasteiger partial charge in [-0.1, -0.05) is 0 Å². The van der Waals surface area contributed by atoms with Gasteiger partial charge in [-0.15, -0.1) is 0 Å². The third kappa shape index (κ3) is 1.28. The molecular weight excluding hydrogens is 138 g/mol. The number of piperidine rings is 1. The van der Waals surface area contributed by atoms with Crippen LogP contribution in [-0.4, -0.2) is 23.4 Å². The van der Waals surface area contributed by atoms with Crippen LogP contribution in [0.25, 0.3) is 0 Å². The molecule has 2 aliphatic rings. The fraction of sp³-hybridized carbons (Fsp3) is 1.00. The van der Waals surface area contributed by atoms with Crippen LogP contribution in [0.2, 0.25) is 0 Å². The maximum atomic E-state index is 3.50. The summed E-state index contributed by atoms with van der Waals surface area (Å²) in [5.41, 5.74) is 3.43. The summed E-state index contributed by atoms with van der Waals surface area (Å²) in [7, 11) is 0. The highest BCUT2D eigenvalue weighted by molar-refractivity contribution is 4.84. The molecule has 3 nitrogen and oxygen atoms in total. The maximum absolute atomic E-state index is 3.50. The van der Waals surface area contributed by atoms with E-state index in [4.69, 9.17) is 0 Å². The Hall–Kier alpha value is -0.120. The Bertz CT molecular complexity index is 148. The lowest BCUT2D eigenvalue weighted by Gasteiger charge is -2.34. The highest BCUT2D eigenvalue weighted by Crippen LogP contribution is 2.22. The zero-order chi connectivity index (χ0) is 7.84. The van der Waals surface area contributed by atoms with E-state index in [0.717, 1.165) is 0 Å². The second-order valence-corrected chi connectivity index (χ2v) is 3.72. The quantitative estimate of drug-likeness (QED) is 0.537. The van der Waals surface area contributed by atoms with E-state index in [1.807, 2.05) is 0 Å². The number of hydrogen-bond acceptors (Lipinski definition) is 3. The molecular formula is C8H17N3. The van der Waals surface area contributed by atoms with Crippen LogP contribution in [0.15, 0.2) is 0 Å². The van der Waals surface area contributed by atoms with E-state index >= 15 is 0 Å². The largest absolute Gasteiger partial charge is 0.285 e. The molecule has 2 aliphatic heterocycles. The Morgan fingerprint density at radius 1 is 1.27 bits per heavy atom. The first-order chi connectivity index (χ1) is 5.27. The van der Waals surface area contributed by atoms with E-state index in [-0.39, 0.29) is 0 Å². The van der Waals surface area contributed by atoms with E-state index in [1.54, 1.807) is 0 Å². The predicted molar refractivity (Wildman–Crippen MR) is 44.7 cm³/mol. The molecule has 2 saturated heterocycles. The average Bonchev–Trinajstić information content (AvgIpc) is 2.31. The molecule has 0 bridgehead atoms. The van der Waals surface area contributed by atoms with Crippen LogP contribution in [0, 0.1) is 0 Å². The maximum Gasteiger partial charge on any atom is 0.0748 e.